The minimum atomic E-state index is -1.47. The maximum atomic E-state index is 13.1. The molecule has 0 radical (unpaired) electrons. The van der Waals surface area contributed by atoms with Gasteiger partial charge >= 0.3 is 5.97 Å². The van der Waals surface area contributed by atoms with E-state index in [0.29, 0.717) is 32.1 Å². The van der Waals surface area contributed by atoms with Crippen molar-refractivity contribution in [1.29, 1.82) is 0 Å². The number of aliphatic hydroxyl groups is 2. The Morgan fingerprint density at radius 2 is 1.94 bits per heavy atom. The van der Waals surface area contributed by atoms with Gasteiger partial charge in [-0.25, -0.2) is 0 Å². The molecule has 2 N–H and O–H groups in total. The molecule has 3 fully saturated rings. The third-order valence-electron chi connectivity index (χ3n) is 9.52. The van der Waals surface area contributed by atoms with E-state index in [1.165, 1.54) is 0 Å². The third kappa shape index (κ3) is 3.37. The molecule has 7 heteroatoms. The molecule has 4 aliphatic carbocycles. The lowest BCUT2D eigenvalue weighted by Crippen LogP contribution is -2.64. The molecule has 0 aliphatic heterocycles. The summed E-state index contributed by atoms with van der Waals surface area (Å²) in [5, 5.41) is 21.3. The van der Waals surface area contributed by atoms with Crippen LogP contribution in [0.2, 0.25) is 0 Å². The van der Waals surface area contributed by atoms with Gasteiger partial charge in [-0.15, -0.1) is 0 Å². The van der Waals surface area contributed by atoms with Crippen LogP contribution in [0.15, 0.2) is 11.6 Å². The second kappa shape index (κ2) is 8.42. The highest BCUT2D eigenvalue weighted by Crippen LogP contribution is 2.68. The van der Waals surface area contributed by atoms with Crippen LogP contribution >= 0.6 is 0 Å². The molecule has 33 heavy (non-hydrogen) atoms. The monoisotopic (exact) mass is 460 g/mol. The summed E-state index contributed by atoms with van der Waals surface area (Å²) in [6.45, 7) is 5.02. The van der Waals surface area contributed by atoms with E-state index >= 15 is 0 Å². The van der Waals surface area contributed by atoms with Crippen molar-refractivity contribution in [1.82, 2.24) is 0 Å². The standard InChI is InChI=1S/C26H36O7/c1-4-5-6-22(32)33-26(21(31)14-27)10-9-18-17-8-7-15-11-16(28)12-20(30)25(15,3)23(17)19(29)13-24(18,26)2/h11,17-19,23,27,29H,4-10,12-14H2,1-3H3/t17-,18-,19-,23+,24-,25+,26+/m0/s1. The molecule has 0 aromatic carbocycles. The number of allylic oxidation sites excluding steroid dienone is 1. The van der Waals surface area contributed by atoms with Crippen molar-refractivity contribution in [3.63, 3.8) is 0 Å². The van der Waals surface area contributed by atoms with Crippen LogP contribution in [-0.4, -0.2) is 51.8 Å². The number of carbonyl (C=O) groups is 4. The molecule has 0 unspecified atom stereocenters. The molecule has 4 rings (SSSR count). The molecule has 0 bridgehead atoms. The average Bonchev–Trinajstić information content (AvgIpc) is 3.05. The van der Waals surface area contributed by atoms with Crippen LogP contribution in [-0.2, 0) is 23.9 Å². The number of ether oxygens (including phenoxy) is 1. The average molecular weight is 461 g/mol. The fourth-order valence-corrected chi connectivity index (χ4v) is 7.90. The summed E-state index contributed by atoms with van der Waals surface area (Å²) in [5.74, 6) is -1.68. The van der Waals surface area contributed by atoms with Crippen molar-refractivity contribution in [3.8, 4) is 0 Å². The van der Waals surface area contributed by atoms with Gasteiger partial charge in [-0.05, 0) is 63.4 Å². The van der Waals surface area contributed by atoms with E-state index in [-0.39, 0.29) is 48.6 Å². The van der Waals surface area contributed by atoms with Crippen molar-refractivity contribution in [2.24, 2.45) is 28.6 Å². The number of Topliss-reactive ketones (excluding diaryl/α,β-unsaturated/α-hetero) is 2. The SMILES string of the molecule is CCCCC(=O)O[C@@]1(C(=O)CO)CC[C@H]2[C@@H]3CCC4=CC(=O)CC(=O)[C@]4(C)[C@H]3[C@@H](O)C[C@@]21C. The Bertz CT molecular complexity index is 906. The van der Waals surface area contributed by atoms with E-state index in [1.54, 1.807) is 6.08 Å². The van der Waals surface area contributed by atoms with Gasteiger partial charge in [-0.3, -0.25) is 19.2 Å². The van der Waals surface area contributed by atoms with Crippen molar-refractivity contribution in [3.05, 3.63) is 11.6 Å². The van der Waals surface area contributed by atoms with Gasteiger partial charge in [0.1, 0.15) is 6.61 Å². The van der Waals surface area contributed by atoms with Gasteiger partial charge in [0.25, 0.3) is 0 Å². The number of aliphatic hydroxyl groups excluding tert-OH is 2. The van der Waals surface area contributed by atoms with Gasteiger partial charge in [0.15, 0.2) is 17.2 Å². The van der Waals surface area contributed by atoms with Crippen LogP contribution in [0.1, 0.15) is 78.6 Å². The Morgan fingerprint density at radius 3 is 2.61 bits per heavy atom. The molecule has 7 nitrogen and oxygen atoms in total. The van der Waals surface area contributed by atoms with E-state index < -0.39 is 40.9 Å². The van der Waals surface area contributed by atoms with E-state index in [0.717, 1.165) is 12.0 Å². The highest BCUT2D eigenvalue weighted by molar-refractivity contribution is 6.11. The van der Waals surface area contributed by atoms with Crippen molar-refractivity contribution >= 4 is 23.3 Å². The predicted octanol–water partition coefficient (Wildman–Crippen LogP) is 2.70. The lowest BCUT2D eigenvalue weighted by Gasteiger charge is -2.60. The highest BCUT2D eigenvalue weighted by Gasteiger charge is 2.71. The minimum Gasteiger partial charge on any atom is -0.450 e. The Morgan fingerprint density at radius 1 is 1.21 bits per heavy atom. The number of ketones is 3. The molecule has 0 saturated heterocycles. The first-order chi connectivity index (χ1) is 15.5. The molecule has 0 amide bonds. The first-order valence-electron chi connectivity index (χ1n) is 12.4. The highest BCUT2D eigenvalue weighted by atomic mass is 16.6. The molecule has 182 valence electrons. The Balaban J connectivity index is 1.73. The lowest BCUT2D eigenvalue weighted by molar-refractivity contribution is -0.202. The smallest absolute Gasteiger partial charge is 0.306 e. The summed E-state index contributed by atoms with van der Waals surface area (Å²) < 4.78 is 5.94. The molecule has 0 aromatic rings. The van der Waals surface area contributed by atoms with E-state index in [9.17, 15) is 29.4 Å². The first kappa shape index (κ1) is 24.3. The molecule has 3 saturated carbocycles. The Kier molecular flexibility index (Phi) is 6.19. The topological polar surface area (TPSA) is 118 Å². The van der Waals surface area contributed by atoms with Gasteiger partial charge in [-0.2, -0.15) is 0 Å². The quantitative estimate of drug-likeness (QED) is 0.462. The van der Waals surface area contributed by atoms with Crippen molar-refractivity contribution in [2.75, 3.05) is 6.61 Å². The van der Waals surface area contributed by atoms with Crippen LogP contribution in [0, 0.1) is 28.6 Å². The molecule has 0 spiro atoms. The van der Waals surface area contributed by atoms with Gasteiger partial charge in [-0.1, -0.05) is 25.8 Å². The number of rotatable bonds is 6. The Hall–Kier alpha value is -1.86. The second-order valence-electron chi connectivity index (χ2n) is 11.0. The van der Waals surface area contributed by atoms with Crippen LogP contribution < -0.4 is 0 Å². The summed E-state index contributed by atoms with van der Waals surface area (Å²) in [6, 6.07) is 0. The summed E-state index contributed by atoms with van der Waals surface area (Å²) in [4.78, 5) is 51.0. The maximum Gasteiger partial charge on any atom is 0.306 e. The largest absolute Gasteiger partial charge is 0.450 e. The molecule has 4 aliphatic rings. The van der Waals surface area contributed by atoms with Crippen LogP contribution in [0.3, 0.4) is 0 Å². The summed E-state index contributed by atoms with van der Waals surface area (Å²) in [6.07, 6.45) is 4.71. The maximum absolute atomic E-state index is 13.1. The Labute approximate surface area is 194 Å². The summed E-state index contributed by atoms with van der Waals surface area (Å²) >= 11 is 0. The fourth-order valence-electron chi connectivity index (χ4n) is 7.90. The summed E-state index contributed by atoms with van der Waals surface area (Å²) in [7, 11) is 0. The minimum absolute atomic E-state index is 0.0378. The normalized spacial score (nSPS) is 42.2. The molecule has 7 atom stereocenters. The van der Waals surface area contributed by atoms with Gasteiger partial charge in [0, 0.05) is 17.8 Å². The van der Waals surface area contributed by atoms with E-state index in [2.05, 4.69) is 0 Å². The van der Waals surface area contributed by atoms with Crippen molar-refractivity contribution < 1.29 is 34.1 Å². The number of fused-ring (bicyclic) bond motifs is 5. The molecule has 0 heterocycles. The third-order valence-corrected chi connectivity index (χ3v) is 9.52. The number of hydrogen-bond acceptors (Lipinski definition) is 7. The van der Waals surface area contributed by atoms with E-state index in [4.69, 9.17) is 4.74 Å². The van der Waals surface area contributed by atoms with E-state index in [1.807, 2.05) is 20.8 Å². The fraction of sp³-hybridized carbons (Fsp3) is 0.769. The molecular formula is C26H36O7. The van der Waals surface area contributed by atoms with Crippen LogP contribution in [0.5, 0.6) is 0 Å². The zero-order chi connectivity index (χ0) is 24.2. The number of carbonyl (C=O) groups excluding carboxylic acids is 4. The number of esters is 1. The number of hydrogen-bond donors (Lipinski definition) is 2. The summed E-state index contributed by atoms with van der Waals surface area (Å²) in [5.41, 5.74) is -2.37. The van der Waals surface area contributed by atoms with Crippen LogP contribution in [0.25, 0.3) is 0 Å². The lowest BCUT2D eigenvalue weighted by atomic mass is 9.45. The van der Waals surface area contributed by atoms with Gasteiger partial charge in [0.05, 0.1) is 17.9 Å². The molecule has 0 aromatic heterocycles. The van der Waals surface area contributed by atoms with Gasteiger partial charge in [0.2, 0.25) is 5.78 Å². The second-order valence-corrected chi connectivity index (χ2v) is 11.0. The zero-order valence-electron chi connectivity index (χ0n) is 19.9. The first-order valence-corrected chi connectivity index (χ1v) is 12.4. The zero-order valence-corrected chi connectivity index (χ0v) is 19.9. The van der Waals surface area contributed by atoms with Crippen LogP contribution in [0.4, 0.5) is 0 Å². The van der Waals surface area contributed by atoms with Gasteiger partial charge < -0.3 is 14.9 Å². The predicted molar refractivity (Wildman–Crippen MR) is 119 cm³/mol. The number of unbranched alkanes of at least 4 members (excludes halogenated alkanes) is 1. The molecular weight excluding hydrogens is 424 g/mol. The van der Waals surface area contributed by atoms with Crippen molar-refractivity contribution in [2.45, 2.75) is 90.3 Å².